The van der Waals surface area contributed by atoms with Gasteiger partial charge in [-0.1, -0.05) is 18.2 Å². The van der Waals surface area contributed by atoms with E-state index in [0.717, 1.165) is 43.8 Å². The third kappa shape index (κ3) is 5.93. The van der Waals surface area contributed by atoms with Gasteiger partial charge in [0.25, 0.3) is 0 Å². The number of thioether (sulfide) groups is 1. The maximum atomic E-state index is 15.2. The summed E-state index contributed by atoms with van der Waals surface area (Å²) in [6.45, 7) is 9.08. The van der Waals surface area contributed by atoms with Crippen LogP contribution in [-0.4, -0.2) is 76.8 Å². The lowest BCUT2D eigenvalue weighted by atomic mass is 9.90. The van der Waals surface area contributed by atoms with Crippen LogP contribution in [0.5, 0.6) is 0 Å². The van der Waals surface area contributed by atoms with Crippen molar-refractivity contribution in [3.05, 3.63) is 64.1 Å². The van der Waals surface area contributed by atoms with Crippen molar-refractivity contribution in [2.45, 2.75) is 43.2 Å². The van der Waals surface area contributed by atoms with E-state index in [0.29, 0.717) is 58.1 Å². The van der Waals surface area contributed by atoms with Gasteiger partial charge in [0.1, 0.15) is 17.5 Å². The van der Waals surface area contributed by atoms with Gasteiger partial charge in [-0.3, -0.25) is 9.36 Å². The lowest BCUT2D eigenvalue weighted by molar-refractivity contribution is -0.126. The second-order valence-corrected chi connectivity index (χ2v) is 13.1. The Morgan fingerprint density at radius 3 is 2.60 bits per heavy atom. The molecule has 230 valence electrons. The highest BCUT2D eigenvalue weighted by Gasteiger charge is 2.35. The molecule has 12 heteroatoms. The molecule has 2 aromatic carbocycles. The molecule has 43 heavy (non-hydrogen) atoms. The predicted octanol–water partition coefficient (Wildman–Crippen LogP) is 5.71. The van der Waals surface area contributed by atoms with Crippen LogP contribution in [0.25, 0.3) is 22.0 Å². The first-order chi connectivity index (χ1) is 20.2. The third-order valence-electron chi connectivity index (χ3n) is 8.91. The number of carbonyl (C=O) groups is 1. The van der Waals surface area contributed by atoms with Crippen molar-refractivity contribution in [3.63, 3.8) is 0 Å². The highest BCUT2D eigenvalue weighted by Crippen LogP contribution is 2.49. The predicted molar refractivity (Wildman–Crippen MR) is 175 cm³/mol. The lowest BCUT2D eigenvalue weighted by Crippen LogP contribution is -2.54. The van der Waals surface area contributed by atoms with E-state index in [-0.39, 0.29) is 42.7 Å². The number of benzene rings is 2. The number of hydrogen-bond acceptors (Lipinski definition) is 6. The molecule has 1 aromatic heterocycles. The van der Waals surface area contributed by atoms with Crippen LogP contribution in [0.2, 0.25) is 5.02 Å². The molecule has 0 radical (unpaired) electrons. The van der Waals surface area contributed by atoms with Gasteiger partial charge in [-0.2, -0.15) is 18.5 Å². The second-order valence-electron chi connectivity index (χ2n) is 11.6. The number of likely N-dealkylation sites (tertiary alicyclic amines) is 1. The van der Waals surface area contributed by atoms with E-state index >= 15 is 4.39 Å². The summed E-state index contributed by atoms with van der Waals surface area (Å²) >= 11 is 8.48. The zero-order chi connectivity index (χ0) is 29.7. The van der Waals surface area contributed by atoms with Gasteiger partial charge in [-0.15, -0.1) is 11.8 Å². The second kappa shape index (κ2) is 12.8. The van der Waals surface area contributed by atoms with Crippen molar-refractivity contribution in [1.29, 1.82) is 0 Å². The van der Waals surface area contributed by atoms with Crippen molar-refractivity contribution in [2.75, 3.05) is 50.4 Å². The fraction of sp³-hybridized carbons (Fsp3) is 0.452. The number of halogens is 3. The summed E-state index contributed by atoms with van der Waals surface area (Å²) in [5.74, 6) is 0.129. The minimum atomic E-state index is -0.707. The largest absolute Gasteiger partial charge is 0.350 e. The molecule has 0 bridgehead atoms. The molecule has 4 heterocycles. The molecule has 0 spiro atoms. The zero-order valence-corrected chi connectivity index (χ0v) is 26.9. The minimum absolute atomic E-state index is 0. The zero-order valence-electron chi connectivity index (χ0n) is 24.3. The maximum absolute atomic E-state index is 15.2. The van der Waals surface area contributed by atoms with Crippen LogP contribution in [0.4, 0.5) is 14.6 Å². The number of piperidine rings is 1. The van der Waals surface area contributed by atoms with Gasteiger partial charge in [0.2, 0.25) is 5.91 Å². The average molecular weight is 648 g/mol. The van der Waals surface area contributed by atoms with E-state index in [9.17, 15) is 14.0 Å². The van der Waals surface area contributed by atoms with Crippen LogP contribution >= 0.6 is 36.9 Å². The van der Waals surface area contributed by atoms with Crippen LogP contribution in [0.15, 0.2) is 46.6 Å². The first-order valence-electron chi connectivity index (χ1n) is 14.4. The van der Waals surface area contributed by atoms with Gasteiger partial charge in [0.15, 0.2) is 0 Å². The number of nitrogens with zero attached hydrogens (tertiary/aromatic N) is 5. The van der Waals surface area contributed by atoms with E-state index in [1.165, 1.54) is 18.2 Å². The molecule has 3 aliphatic rings. The highest BCUT2D eigenvalue weighted by atomic mass is 35.5. The first-order valence-corrected chi connectivity index (χ1v) is 15.8. The quantitative estimate of drug-likeness (QED) is 0.331. The summed E-state index contributed by atoms with van der Waals surface area (Å²) in [5, 5.41) is 1.03. The van der Waals surface area contributed by atoms with Crippen LogP contribution < -0.4 is 10.6 Å². The Labute approximate surface area is 266 Å². The minimum Gasteiger partial charge on any atom is -0.350 e. The van der Waals surface area contributed by atoms with Crippen molar-refractivity contribution < 1.29 is 13.6 Å². The summed E-state index contributed by atoms with van der Waals surface area (Å²) < 4.78 is 30.8. The van der Waals surface area contributed by atoms with E-state index in [1.54, 1.807) is 27.3 Å². The molecule has 6 rings (SSSR count). The Balaban J connectivity index is 0.00000368. The maximum Gasteiger partial charge on any atom is 0.350 e. The normalized spacial score (nSPS) is 21.1. The van der Waals surface area contributed by atoms with Crippen molar-refractivity contribution in [2.24, 2.45) is 5.92 Å². The molecule has 2 fully saturated rings. The Kier molecular flexibility index (Phi) is 9.46. The number of carbonyl (C=O) groups excluding carboxylic acids is 1. The fourth-order valence-corrected chi connectivity index (χ4v) is 8.39. The molecular weight excluding hydrogens is 612 g/mol. The van der Waals surface area contributed by atoms with E-state index in [4.69, 9.17) is 11.6 Å². The van der Waals surface area contributed by atoms with E-state index < -0.39 is 11.6 Å². The number of anilines is 1. The summed E-state index contributed by atoms with van der Waals surface area (Å²) in [5.41, 5.74) is 1.01. The molecule has 0 saturated carbocycles. The van der Waals surface area contributed by atoms with Crippen LogP contribution in [0, 0.1) is 17.6 Å². The SMILES string of the molecule is C=CC(=O)N1CCN(c2nc(=O)n3c4c(c(-c5ccc(F)cc5F)c(Cl)cc24)SC[C@@H]3CC2CCN(C)CC2)[C@@H](C)C1.S. The topological polar surface area (TPSA) is 61.7 Å². The molecule has 0 aliphatic carbocycles. The van der Waals surface area contributed by atoms with Crippen molar-refractivity contribution in [1.82, 2.24) is 19.4 Å². The van der Waals surface area contributed by atoms with Crippen molar-refractivity contribution >= 4 is 59.5 Å². The monoisotopic (exact) mass is 647 g/mol. The molecular formula is C31H36ClF2N5O2S2. The van der Waals surface area contributed by atoms with Gasteiger partial charge in [0, 0.05) is 64.9 Å². The molecule has 0 unspecified atom stereocenters. The molecule has 3 aromatic rings. The molecule has 2 saturated heterocycles. The standard InChI is InChI=1S/C31H34ClF2N5O2S.H2S/c1-4-26(40)37-11-12-38(18(2)16-37)30-23-15-24(32)27(22-6-5-20(33)14-25(22)34)29-28(23)39(31(41)35-30)21(17-42-29)13-19-7-9-36(3)10-8-19;/h4-6,14-15,18-19,21H,1,7-13,16-17H2,2-3H3;1H2/t18-,21-;/m0./s1. The molecule has 3 aliphatic heterocycles. The smallest absolute Gasteiger partial charge is 0.350 e. The van der Waals surface area contributed by atoms with Gasteiger partial charge in [-0.05, 0) is 76.5 Å². The molecule has 7 nitrogen and oxygen atoms in total. The summed E-state index contributed by atoms with van der Waals surface area (Å²) in [6.07, 6.45) is 4.32. The number of rotatable bonds is 5. The van der Waals surface area contributed by atoms with Crippen LogP contribution in [0.3, 0.4) is 0 Å². The summed E-state index contributed by atoms with van der Waals surface area (Å²) in [4.78, 5) is 37.7. The number of aromatic nitrogens is 2. The van der Waals surface area contributed by atoms with Crippen LogP contribution in [0.1, 0.15) is 32.2 Å². The number of piperazine rings is 1. The Morgan fingerprint density at radius 2 is 1.93 bits per heavy atom. The van der Waals surface area contributed by atoms with Gasteiger partial charge < -0.3 is 14.7 Å². The average Bonchev–Trinajstić information content (AvgIpc) is 2.96. The Morgan fingerprint density at radius 1 is 1.19 bits per heavy atom. The van der Waals surface area contributed by atoms with Gasteiger partial charge in [-0.25, -0.2) is 13.6 Å². The van der Waals surface area contributed by atoms with Crippen LogP contribution in [-0.2, 0) is 4.79 Å². The summed E-state index contributed by atoms with van der Waals surface area (Å²) in [6, 6.07) is 5.06. The number of hydrogen-bond donors (Lipinski definition) is 0. The van der Waals surface area contributed by atoms with Gasteiger partial charge in [0.05, 0.1) is 10.5 Å². The number of amides is 1. The fourth-order valence-electron chi connectivity index (χ4n) is 6.68. The third-order valence-corrected chi connectivity index (χ3v) is 10.4. The van der Waals surface area contributed by atoms with Crippen molar-refractivity contribution in [3.8, 4) is 11.1 Å². The molecule has 2 atom stereocenters. The Bertz CT molecular complexity index is 1630. The van der Waals surface area contributed by atoms with Gasteiger partial charge >= 0.3 is 5.69 Å². The Hall–Kier alpha value is -2.60. The molecule has 0 N–H and O–H groups in total. The highest BCUT2D eigenvalue weighted by molar-refractivity contribution is 7.99. The summed E-state index contributed by atoms with van der Waals surface area (Å²) in [7, 11) is 2.13. The molecule has 1 amide bonds. The lowest BCUT2D eigenvalue weighted by Gasteiger charge is -2.41. The van der Waals surface area contributed by atoms with E-state index in [2.05, 4.69) is 28.4 Å². The van der Waals surface area contributed by atoms with E-state index in [1.807, 2.05) is 6.92 Å². The first kappa shape index (κ1) is 31.8.